The summed E-state index contributed by atoms with van der Waals surface area (Å²) in [5, 5.41) is 0.468. The van der Waals surface area contributed by atoms with Crippen LogP contribution in [0.3, 0.4) is 0 Å². The minimum Gasteiger partial charge on any atom is -0.366 e. The Bertz CT molecular complexity index is 563. The molecular weight excluding hydrogens is 344 g/mol. The Morgan fingerprint density at radius 1 is 1.38 bits per heavy atom. The highest BCUT2D eigenvalue weighted by Crippen LogP contribution is 2.24. The van der Waals surface area contributed by atoms with Crippen molar-refractivity contribution in [1.29, 1.82) is 0 Å². The Hall–Kier alpha value is -0.790. The first-order valence-corrected chi connectivity index (χ1v) is 9.82. The monoisotopic (exact) mass is 372 g/mol. The molecular formula is C17H28N2O3S2. The summed E-state index contributed by atoms with van der Waals surface area (Å²) in [6.07, 6.45) is 6.32. The van der Waals surface area contributed by atoms with Crippen molar-refractivity contribution in [3.63, 3.8) is 0 Å². The van der Waals surface area contributed by atoms with Gasteiger partial charge in [-0.1, -0.05) is 44.9 Å². The molecule has 1 aromatic heterocycles. The molecule has 1 N–H and O–H groups in total. The zero-order chi connectivity index (χ0) is 18.0. The van der Waals surface area contributed by atoms with E-state index in [0.29, 0.717) is 24.1 Å². The summed E-state index contributed by atoms with van der Waals surface area (Å²) in [7, 11) is 0. The number of rotatable bonds is 12. The van der Waals surface area contributed by atoms with Gasteiger partial charge in [-0.3, -0.25) is 9.59 Å². The van der Waals surface area contributed by atoms with Crippen LogP contribution in [0, 0.1) is 5.92 Å². The number of nitrogens with one attached hydrogen (secondary N) is 1. The molecule has 5 nitrogen and oxygen atoms in total. The molecule has 136 valence electrons. The van der Waals surface area contributed by atoms with Crippen molar-refractivity contribution in [3.8, 4) is 0 Å². The standard InChI is InChI=1S/C17H28N2O3S2/c1-13(2)12-22-17(3,15(21)23)9-6-4-5-7-11-24-16-18-10-8-14(20)19-16/h8,10,13H,4-7,9,11-12H2,1-3H3,(H,21,23)(H,18,19,20). The SMILES string of the molecule is CC(C)COC(C)(CCCCCCSc1nccc(=O)[nH]1)C(=O)S. The second kappa shape index (κ2) is 10.9. The van der Waals surface area contributed by atoms with Gasteiger partial charge >= 0.3 is 0 Å². The fourth-order valence-electron chi connectivity index (χ4n) is 2.10. The van der Waals surface area contributed by atoms with Gasteiger partial charge in [-0.05, 0) is 25.7 Å². The lowest BCUT2D eigenvalue weighted by molar-refractivity contribution is -0.135. The van der Waals surface area contributed by atoms with E-state index in [0.717, 1.165) is 31.4 Å². The summed E-state index contributed by atoms with van der Waals surface area (Å²) in [6, 6.07) is 1.41. The van der Waals surface area contributed by atoms with Crippen molar-refractivity contribution in [1.82, 2.24) is 9.97 Å². The first-order chi connectivity index (χ1) is 11.3. The number of hydrogen-bond donors (Lipinski definition) is 2. The van der Waals surface area contributed by atoms with E-state index in [2.05, 4.69) is 36.4 Å². The molecule has 7 heteroatoms. The summed E-state index contributed by atoms with van der Waals surface area (Å²) in [6.45, 7) is 6.53. The van der Waals surface area contributed by atoms with Crippen LogP contribution in [0.4, 0.5) is 0 Å². The molecule has 0 amide bonds. The third-order valence-corrected chi connectivity index (χ3v) is 5.07. The Morgan fingerprint density at radius 2 is 2.08 bits per heavy atom. The average Bonchev–Trinajstić information content (AvgIpc) is 2.52. The first-order valence-electron chi connectivity index (χ1n) is 8.39. The molecule has 0 radical (unpaired) electrons. The first kappa shape index (κ1) is 21.3. The Balaban J connectivity index is 2.19. The van der Waals surface area contributed by atoms with Gasteiger partial charge in [-0.25, -0.2) is 4.98 Å². The zero-order valence-electron chi connectivity index (χ0n) is 14.7. The number of hydrogen-bond acceptors (Lipinski definition) is 5. The molecule has 1 rings (SSSR count). The molecule has 24 heavy (non-hydrogen) atoms. The number of H-pyrrole nitrogens is 1. The molecule has 1 atom stereocenters. The molecule has 1 aromatic rings. The molecule has 0 bridgehead atoms. The summed E-state index contributed by atoms with van der Waals surface area (Å²) in [5.41, 5.74) is -0.903. The molecule has 1 heterocycles. The van der Waals surface area contributed by atoms with E-state index in [1.54, 1.807) is 11.8 Å². The van der Waals surface area contributed by atoms with Gasteiger partial charge < -0.3 is 9.72 Å². The number of ether oxygens (including phenoxy) is 1. The minimum absolute atomic E-state index is 0.121. The number of aromatic nitrogens is 2. The van der Waals surface area contributed by atoms with E-state index in [1.807, 2.05) is 6.92 Å². The quantitative estimate of drug-likeness (QED) is 0.253. The molecule has 0 aliphatic rings. The maximum absolute atomic E-state index is 11.7. The van der Waals surface area contributed by atoms with Crippen molar-refractivity contribution < 1.29 is 9.53 Å². The summed E-state index contributed by atoms with van der Waals surface area (Å²) in [4.78, 5) is 29.7. The van der Waals surface area contributed by atoms with Crippen molar-refractivity contribution in [2.24, 2.45) is 5.92 Å². The highest BCUT2D eigenvalue weighted by molar-refractivity contribution is 7.99. The number of unbranched alkanes of at least 4 members (excludes halogenated alkanes) is 3. The van der Waals surface area contributed by atoms with Gasteiger partial charge in [-0.15, -0.1) is 12.6 Å². The largest absolute Gasteiger partial charge is 0.366 e. The Morgan fingerprint density at radius 3 is 2.71 bits per heavy atom. The second-order valence-corrected chi connectivity index (χ2v) is 7.98. The molecule has 0 saturated heterocycles. The molecule has 0 aromatic carbocycles. The van der Waals surface area contributed by atoms with Crippen LogP contribution in [-0.2, 0) is 9.53 Å². The van der Waals surface area contributed by atoms with Crippen molar-refractivity contribution >= 4 is 29.5 Å². The van der Waals surface area contributed by atoms with Crippen LogP contribution in [-0.4, -0.2) is 33.0 Å². The number of nitrogens with zero attached hydrogens (tertiary/aromatic N) is 1. The van der Waals surface area contributed by atoms with E-state index < -0.39 is 5.60 Å². The van der Waals surface area contributed by atoms with E-state index in [1.165, 1.54) is 12.3 Å². The Kier molecular flexibility index (Phi) is 9.69. The van der Waals surface area contributed by atoms with Crippen LogP contribution in [0.2, 0.25) is 0 Å². The van der Waals surface area contributed by atoms with Gasteiger partial charge in [0.25, 0.3) is 5.56 Å². The van der Waals surface area contributed by atoms with Crippen LogP contribution in [0.15, 0.2) is 22.2 Å². The second-order valence-electron chi connectivity index (χ2n) is 6.49. The molecule has 0 spiro atoms. The maximum Gasteiger partial charge on any atom is 0.251 e. The van der Waals surface area contributed by atoms with Crippen LogP contribution < -0.4 is 5.56 Å². The molecule has 0 saturated carbocycles. The molecule has 0 aliphatic heterocycles. The smallest absolute Gasteiger partial charge is 0.251 e. The van der Waals surface area contributed by atoms with Crippen LogP contribution in [0.25, 0.3) is 0 Å². The fourth-order valence-corrected chi connectivity index (χ4v) is 3.13. The lowest BCUT2D eigenvalue weighted by Gasteiger charge is -2.27. The lowest BCUT2D eigenvalue weighted by atomic mass is 9.98. The van der Waals surface area contributed by atoms with Crippen molar-refractivity contribution in [2.45, 2.75) is 63.6 Å². The van der Waals surface area contributed by atoms with E-state index >= 15 is 0 Å². The molecule has 1 unspecified atom stereocenters. The van der Waals surface area contributed by atoms with Gasteiger partial charge in [0.1, 0.15) is 5.60 Å². The highest BCUT2D eigenvalue weighted by atomic mass is 32.2. The Labute approximate surface area is 153 Å². The van der Waals surface area contributed by atoms with Gasteiger partial charge in [0.15, 0.2) is 5.16 Å². The predicted molar refractivity (Wildman–Crippen MR) is 102 cm³/mol. The number of carbonyl (C=O) groups excluding carboxylic acids is 1. The third kappa shape index (κ3) is 8.35. The minimum atomic E-state index is -0.782. The van der Waals surface area contributed by atoms with Crippen LogP contribution >= 0.6 is 24.4 Å². The summed E-state index contributed by atoms with van der Waals surface area (Å²) < 4.78 is 5.78. The van der Waals surface area contributed by atoms with E-state index in [9.17, 15) is 9.59 Å². The van der Waals surface area contributed by atoms with Crippen molar-refractivity contribution in [2.75, 3.05) is 12.4 Å². The van der Waals surface area contributed by atoms with Gasteiger partial charge in [-0.2, -0.15) is 0 Å². The lowest BCUT2D eigenvalue weighted by Crippen LogP contribution is -2.36. The zero-order valence-corrected chi connectivity index (χ0v) is 16.4. The predicted octanol–water partition coefficient (Wildman–Crippen LogP) is 3.70. The van der Waals surface area contributed by atoms with E-state index in [4.69, 9.17) is 4.74 Å². The highest BCUT2D eigenvalue weighted by Gasteiger charge is 2.31. The van der Waals surface area contributed by atoms with E-state index in [-0.39, 0.29) is 10.7 Å². The van der Waals surface area contributed by atoms with Gasteiger partial charge in [0, 0.05) is 18.0 Å². The number of aromatic amines is 1. The average molecular weight is 373 g/mol. The van der Waals surface area contributed by atoms with Gasteiger partial charge in [0.2, 0.25) is 5.12 Å². The molecule has 0 fully saturated rings. The number of thioether (sulfide) groups is 1. The molecule has 0 aliphatic carbocycles. The fraction of sp³-hybridized carbons (Fsp3) is 0.706. The van der Waals surface area contributed by atoms with Crippen molar-refractivity contribution in [3.05, 3.63) is 22.6 Å². The summed E-state index contributed by atoms with van der Waals surface area (Å²) >= 11 is 5.54. The summed E-state index contributed by atoms with van der Waals surface area (Å²) in [5.74, 6) is 1.31. The maximum atomic E-state index is 11.7. The normalized spacial score (nSPS) is 13.9. The third-order valence-electron chi connectivity index (χ3n) is 3.62. The number of thiol groups is 1. The topological polar surface area (TPSA) is 72.0 Å². The van der Waals surface area contributed by atoms with Crippen LogP contribution in [0.5, 0.6) is 0 Å². The number of carbonyl (C=O) groups is 1. The van der Waals surface area contributed by atoms with Gasteiger partial charge in [0.05, 0.1) is 6.61 Å². The van der Waals surface area contributed by atoms with Crippen LogP contribution in [0.1, 0.15) is 52.9 Å².